The Kier molecular flexibility index (Phi) is 7.47. The Labute approximate surface area is 111 Å². The van der Waals surface area contributed by atoms with E-state index in [1.165, 1.54) is 0 Å². The zero-order valence-electron chi connectivity index (χ0n) is 9.86. The van der Waals surface area contributed by atoms with Crippen LogP contribution in [-0.4, -0.2) is 24.9 Å². The minimum atomic E-state index is -3.03. The fourth-order valence-corrected chi connectivity index (χ4v) is 1.29. The summed E-state index contributed by atoms with van der Waals surface area (Å²) >= 11 is 0. The average Bonchev–Trinajstić information content (AvgIpc) is 2.35. The summed E-state index contributed by atoms with van der Waals surface area (Å²) < 4.78 is 25.5. The molecule has 0 unspecified atom stereocenters. The van der Waals surface area contributed by atoms with Gasteiger partial charge >= 0.3 is 0 Å². The highest BCUT2D eigenvalue weighted by molar-refractivity contribution is 5.85. The van der Waals surface area contributed by atoms with Gasteiger partial charge in [0.05, 0.1) is 13.1 Å². The molecule has 0 bridgehead atoms. The van der Waals surface area contributed by atoms with Gasteiger partial charge in [-0.15, -0.1) is 12.4 Å². The Bertz CT molecular complexity index is 360. The molecule has 0 aromatic heterocycles. The lowest BCUT2D eigenvalue weighted by atomic mass is 10.1. The van der Waals surface area contributed by atoms with Gasteiger partial charge in [0.15, 0.2) is 0 Å². The van der Waals surface area contributed by atoms with E-state index in [-0.39, 0.29) is 24.7 Å². The summed E-state index contributed by atoms with van der Waals surface area (Å²) in [6.07, 6.45) is 0.742. The maximum atomic E-state index is 12.7. The quantitative estimate of drug-likeness (QED) is 0.833. The Balaban J connectivity index is 0.00000289. The first-order chi connectivity index (χ1) is 8.03. The van der Waals surface area contributed by atoms with Gasteiger partial charge in [-0.05, 0) is 12.0 Å². The monoisotopic (exact) mass is 278 g/mol. The number of carbonyl (C=O) groups excluding carboxylic acids is 1. The number of rotatable bonds is 6. The maximum Gasteiger partial charge on any atom is 0.277 e. The second-order valence-electron chi connectivity index (χ2n) is 3.82. The minimum absolute atomic E-state index is 0. The second kappa shape index (κ2) is 8.00. The van der Waals surface area contributed by atoms with Crippen LogP contribution in [0.25, 0.3) is 0 Å². The third-order valence-corrected chi connectivity index (χ3v) is 2.33. The highest BCUT2D eigenvalue weighted by atomic mass is 35.5. The Hall–Kier alpha value is -1.20. The Morgan fingerprint density at radius 2 is 1.89 bits per heavy atom. The van der Waals surface area contributed by atoms with Crippen LogP contribution in [0.1, 0.15) is 12.0 Å². The first-order valence-corrected chi connectivity index (χ1v) is 5.42. The van der Waals surface area contributed by atoms with E-state index in [1.54, 1.807) is 0 Å². The maximum absolute atomic E-state index is 12.7. The lowest BCUT2D eigenvalue weighted by Crippen LogP contribution is -2.41. The van der Waals surface area contributed by atoms with Crippen molar-refractivity contribution >= 4 is 18.3 Å². The van der Waals surface area contributed by atoms with Crippen LogP contribution in [0.2, 0.25) is 0 Å². The summed E-state index contributed by atoms with van der Waals surface area (Å²) in [5.41, 5.74) is 5.86. The van der Waals surface area contributed by atoms with Crippen LogP contribution in [0.4, 0.5) is 8.78 Å². The molecule has 0 radical (unpaired) electrons. The number of nitrogens with two attached hydrogens (primary N) is 1. The lowest BCUT2D eigenvalue weighted by Gasteiger charge is -2.14. The van der Waals surface area contributed by atoms with Crippen molar-refractivity contribution in [1.82, 2.24) is 5.32 Å². The molecule has 3 N–H and O–H groups in total. The Morgan fingerprint density at radius 1 is 1.28 bits per heavy atom. The van der Waals surface area contributed by atoms with Crippen LogP contribution in [0.15, 0.2) is 30.3 Å². The molecule has 0 aliphatic heterocycles. The fraction of sp³-hybridized carbons (Fsp3) is 0.417. The van der Waals surface area contributed by atoms with Gasteiger partial charge in [-0.3, -0.25) is 4.79 Å². The molecule has 0 saturated heterocycles. The fourth-order valence-electron chi connectivity index (χ4n) is 1.29. The van der Waals surface area contributed by atoms with Gasteiger partial charge in [0.25, 0.3) is 5.92 Å². The van der Waals surface area contributed by atoms with Crippen LogP contribution in [0, 0.1) is 0 Å². The number of alkyl halides is 2. The lowest BCUT2D eigenvalue weighted by molar-refractivity contribution is -0.122. The first-order valence-electron chi connectivity index (χ1n) is 5.42. The topological polar surface area (TPSA) is 55.1 Å². The normalized spacial score (nSPS) is 10.6. The summed E-state index contributed by atoms with van der Waals surface area (Å²) in [4.78, 5) is 11.3. The number of benzene rings is 1. The molecule has 1 aromatic carbocycles. The number of hydrogen-bond donors (Lipinski definition) is 2. The van der Waals surface area contributed by atoms with Gasteiger partial charge < -0.3 is 11.1 Å². The Morgan fingerprint density at radius 3 is 2.44 bits per heavy atom. The average molecular weight is 279 g/mol. The molecule has 0 atom stereocenters. The second-order valence-corrected chi connectivity index (χ2v) is 3.82. The zero-order chi connectivity index (χ0) is 12.7. The third kappa shape index (κ3) is 6.51. The molecule has 0 heterocycles. The van der Waals surface area contributed by atoms with Gasteiger partial charge in [-0.2, -0.15) is 0 Å². The predicted molar refractivity (Wildman–Crippen MR) is 69.0 cm³/mol. The van der Waals surface area contributed by atoms with E-state index >= 15 is 0 Å². The van der Waals surface area contributed by atoms with E-state index in [9.17, 15) is 13.6 Å². The molecule has 1 aromatic rings. The molecule has 0 saturated carbocycles. The van der Waals surface area contributed by atoms with Crippen molar-refractivity contribution in [3.05, 3.63) is 35.9 Å². The summed E-state index contributed by atoms with van der Waals surface area (Å²) in [5.74, 6) is -3.41. The van der Waals surface area contributed by atoms with Gasteiger partial charge in [0, 0.05) is 6.42 Å². The van der Waals surface area contributed by atoms with Gasteiger partial charge in [-0.25, -0.2) is 8.78 Å². The molecule has 0 fully saturated rings. The van der Waals surface area contributed by atoms with Crippen molar-refractivity contribution in [3.8, 4) is 0 Å². The van der Waals surface area contributed by atoms with Crippen LogP contribution in [0.5, 0.6) is 0 Å². The van der Waals surface area contributed by atoms with Gasteiger partial charge in [0.1, 0.15) is 0 Å². The molecule has 6 heteroatoms. The molecule has 0 aliphatic carbocycles. The first kappa shape index (κ1) is 16.8. The highest BCUT2D eigenvalue weighted by Gasteiger charge is 2.26. The summed E-state index contributed by atoms with van der Waals surface area (Å²) in [7, 11) is 0. The molecule has 0 aliphatic rings. The standard InChI is InChI=1S/C12H16F2N2O.ClH/c13-12(14,8-15)9-16-11(17)7-6-10-4-2-1-3-5-10;/h1-5H,6-9,15H2,(H,16,17);1H. The van der Waals surface area contributed by atoms with Crippen LogP contribution in [0.3, 0.4) is 0 Å². The number of hydrogen-bond acceptors (Lipinski definition) is 2. The van der Waals surface area contributed by atoms with Gasteiger partial charge in [0.2, 0.25) is 5.91 Å². The minimum Gasteiger partial charge on any atom is -0.350 e. The van der Waals surface area contributed by atoms with Crippen LogP contribution in [-0.2, 0) is 11.2 Å². The molecule has 1 rings (SSSR count). The smallest absolute Gasteiger partial charge is 0.277 e. The molecular formula is C12H17ClF2N2O. The van der Waals surface area contributed by atoms with Crippen molar-refractivity contribution in [2.75, 3.05) is 13.1 Å². The van der Waals surface area contributed by atoms with E-state index in [0.717, 1.165) is 5.56 Å². The SMILES string of the molecule is Cl.NCC(F)(F)CNC(=O)CCc1ccccc1. The van der Waals surface area contributed by atoms with Crippen LogP contribution < -0.4 is 11.1 Å². The largest absolute Gasteiger partial charge is 0.350 e. The number of amides is 1. The summed E-state index contributed by atoms with van der Waals surface area (Å²) in [6.45, 7) is -1.46. The number of halogens is 3. The van der Waals surface area contributed by atoms with Crippen molar-refractivity contribution in [3.63, 3.8) is 0 Å². The molecular weight excluding hydrogens is 262 g/mol. The molecule has 18 heavy (non-hydrogen) atoms. The number of carbonyl (C=O) groups is 1. The highest BCUT2D eigenvalue weighted by Crippen LogP contribution is 2.09. The van der Waals surface area contributed by atoms with Crippen molar-refractivity contribution in [2.24, 2.45) is 5.73 Å². The van der Waals surface area contributed by atoms with Crippen molar-refractivity contribution < 1.29 is 13.6 Å². The van der Waals surface area contributed by atoms with E-state index in [0.29, 0.717) is 6.42 Å². The number of nitrogens with one attached hydrogen (secondary N) is 1. The summed E-state index contributed by atoms with van der Waals surface area (Å²) in [6, 6.07) is 9.40. The van der Waals surface area contributed by atoms with Crippen LogP contribution >= 0.6 is 12.4 Å². The zero-order valence-corrected chi connectivity index (χ0v) is 10.7. The van der Waals surface area contributed by atoms with E-state index in [4.69, 9.17) is 5.73 Å². The van der Waals surface area contributed by atoms with E-state index in [1.807, 2.05) is 30.3 Å². The molecule has 3 nitrogen and oxygen atoms in total. The van der Waals surface area contributed by atoms with Crippen molar-refractivity contribution in [2.45, 2.75) is 18.8 Å². The summed E-state index contributed by atoms with van der Waals surface area (Å²) in [5, 5.41) is 2.18. The van der Waals surface area contributed by atoms with Gasteiger partial charge in [-0.1, -0.05) is 30.3 Å². The molecule has 0 spiro atoms. The predicted octanol–water partition coefficient (Wildman–Crippen LogP) is 1.75. The van der Waals surface area contributed by atoms with E-state index in [2.05, 4.69) is 5.32 Å². The van der Waals surface area contributed by atoms with E-state index < -0.39 is 19.0 Å². The van der Waals surface area contributed by atoms with Crippen molar-refractivity contribution in [1.29, 1.82) is 0 Å². The molecule has 1 amide bonds. The molecule has 102 valence electrons. The third-order valence-electron chi connectivity index (χ3n) is 2.33. The number of aryl methyl sites for hydroxylation is 1.